The molecule has 0 spiro atoms. The highest BCUT2D eigenvalue weighted by Gasteiger charge is 2.30. The topological polar surface area (TPSA) is 41.1 Å². The van der Waals surface area contributed by atoms with Gasteiger partial charge in [0.1, 0.15) is 18.2 Å². The molecule has 4 nitrogen and oxygen atoms in total. The number of aromatic nitrogens is 2. The lowest BCUT2D eigenvalue weighted by Gasteiger charge is -2.22. The van der Waals surface area contributed by atoms with E-state index in [9.17, 15) is 13.2 Å². The number of halogens is 3. The van der Waals surface area contributed by atoms with Crippen LogP contribution in [0, 0.1) is 6.92 Å². The van der Waals surface area contributed by atoms with Gasteiger partial charge in [-0.1, -0.05) is 0 Å². The molecule has 0 atom stereocenters. The fraction of sp³-hybridized carbons (Fsp3) is 0.600. The molecule has 0 aliphatic heterocycles. The summed E-state index contributed by atoms with van der Waals surface area (Å²) in [6.07, 6.45) is -2.70. The average molecular weight is 248 g/mol. The highest BCUT2D eigenvalue weighted by atomic mass is 19.4. The second-order valence-corrected chi connectivity index (χ2v) is 3.77. The summed E-state index contributed by atoms with van der Waals surface area (Å²) in [6.45, 7) is 1.05. The predicted octanol–water partition coefficient (Wildman–Crippen LogP) is 1.50. The molecule has 0 aliphatic carbocycles. The molecule has 0 saturated carbocycles. The van der Waals surface area contributed by atoms with Gasteiger partial charge in [-0.05, 0) is 14.0 Å². The summed E-state index contributed by atoms with van der Waals surface area (Å²) in [5.41, 5.74) is 0.643. The Balaban J connectivity index is 2.97. The zero-order chi connectivity index (χ0) is 13.1. The van der Waals surface area contributed by atoms with Crippen LogP contribution in [-0.4, -0.2) is 36.8 Å². The molecule has 17 heavy (non-hydrogen) atoms. The first kappa shape index (κ1) is 13.7. The van der Waals surface area contributed by atoms with Gasteiger partial charge < -0.3 is 10.2 Å². The average Bonchev–Trinajstić information content (AvgIpc) is 2.18. The van der Waals surface area contributed by atoms with Crippen molar-refractivity contribution in [2.24, 2.45) is 0 Å². The van der Waals surface area contributed by atoms with E-state index < -0.39 is 12.7 Å². The summed E-state index contributed by atoms with van der Waals surface area (Å²) in [4.78, 5) is 9.11. The van der Waals surface area contributed by atoms with Crippen molar-refractivity contribution in [3.05, 3.63) is 17.6 Å². The van der Waals surface area contributed by atoms with Gasteiger partial charge in [0.25, 0.3) is 0 Å². The molecule has 0 amide bonds. The smallest absolute Gasteiger partial charge is 0.350 e. The molecule has 0 aliphatic rings. The van der Waals surface area contributed by atoms with Crippen LogP contribution in [0.4, 0.5) is 19.0 Å². The fourth-order valence-electron chi connectivity index (χ4n) is 1.47. The van der Waals surface area contributed by atoms with Gasteiger partial charge in [0, 0.05) is 25.4 Å². The standard InChI is InChI=1S/C10H15F3N4/c1-7-15-5-8(4-14-2)9(16-7)17(3)6-10(11,12)13/h5,14H,4,6H2,1-3H3. The second-order valence-electron chi connectivity index (χ2n) is 3.77. The van der Waals surface area contributed by atoms with E-state index in [-0.39, 0.29) is 0 Å². The minimum atomic E-state index is -4.25. The first-order valence-electron chi connectivity index (χ1n) is 5.08. The van der Waals surface area contributed by atoms with Crippen LogP contribution < -0.4 is 10.2 Å². The molecule has 96 valence electrons. The van der Waals surface area contributed by atoms with E-state index in [1.165, 1.54) is 7.05 Å². The Morgan fingerprint density at radius 1 is 1.41 bits per heavy atom. The maximum absolute atomic E-state index is 12.3. The quantitative estimate of drug-likeness (QED) is 0.876. The SMILES string of the molecule is CNCc1cnc(C)nc1N(C)CC(F)(F)F. The fourth-order valence-corrected chi connectivity index (χ4v) is 1.47. The van der Waals surface area contributed by atoms with Gasteiger partial charge in [-0.25, -0.2) is 9.97 Å². The Hall–Kier alpha value is -1.37. The van der Waals surface area contributed by atoms with E-state index in [0.717, 1.165) is 4.90 Å². The molecule has 0 bridgehead atoms. The summed E-state index contributed by atoms with van der Waals surface area (Å²) in [5.74, 6) is 0.762. The van der Waals surface area contributed by atoms with Gasteiger partial charge >= 0.3 is 6.18 Å². The van der Waals surface area contributed by atoms with Crippen molar-refractivity contribution in [1.82, 2.24) is 15.3 Å². The lowest BCUT2D eigenvalue weighted by molar-refractivity contribution is -0.119. The number of nitrogens with zero attached hydrogens (tertiary/aromatic N) is 3. The van der Waals surface area contributed by atoms with Crippen LogP contribution in [0.2, 0.25) is 0 Å². The largest absolute Gasteiger partial charge is 0.405 e. The minimum absolute atomic E-state index is 0.309. The zero-order valence-electron chi connectivity index (χ0n) is 9.97. The Labute approximate surface area is 97.9 Å². The van der Waals surface area contributed by atoms with Crippen LogP contribution in [0.3, 0.4) is 0 Å². The first-order chi connectivity index (χ1) is 7.83. The van der Waals surface area contributed by atoms with E-state index in [2.05, 4.69) is 15.3 Å². The van der Waals surface area contributed by atoms with Crippen molar-refractivity contribution in [3.8, 4) is 0 Å². The van der Waals surface area contributed by atoms with Crippen molar-refractivity contribution in [2.45, 2.75) is 19.6 Å². The normalized spacial score (nSPS) is 11.6. The third kappa shape index (κ3) is 4.18. The zero-order valence-corrected chi connectivity index (χ0v) is 9.97. The van der Waals surface area contributed by atoms with Gasteiger partial charge in [-0.15, -0.1) is 0 Å². The Morgan fingerprint density at radius 2 is 2.06 bits per heavy atom. The molecule has 7 heteroatoms. The van der Waals surface area contributed by atoms with Crippen molar-refractivity contribution in [3.63, 3.8) is 0 Å². The number of alkyl halides is 3. The summed E-state index contributed by atoms with van der Waals surface area (Å²) in [7, 11) is 3.09. The van der Waals surface area contributed by atoms with Gasteiger partial charge in [-0.2, -0.15) is 13.2 Å². The number of nitrogens with one attached hydrogen (secondary N) is 1. The van der Waals surface area contributed by atoms with Crippen molar-refractivity contribution < 1.29 is 13.2 Å². The van der Waals surface area contributed by atoms with Crippen LogP contribution in [0.15, 0.2) is 6.20 Å². The molecule has 1 aromatic heterocycles. The number of hydrogen-bond acceptors (Lipinski definition) is 4. The highest BCUT2D eigenvalue weighted by Crippen LogP contribution is 2.22. The van der Waals surface area contributed by atoms with E-state index in [4.69, 9.17) is 0 Å². The molecule has 0 aromatic carbocycles. The van der Waals surface area contributed by atoms with Crippen LogP contribution in [0.5, 0.6) is 0 Å². The van der Waals surface area contributed by atoms with Gasteiger partial charge in [0.15, 0.2) is 0 Å². The Bertz CT molecular complexity index is 378. The molecule has 1 N–H and O–H groups in total. The Morgan fingerprint density at radius 3 is 2.59 bits per heavy atom. The van der Waals surface area contributed by atoms with Crippen LogP contribution in [0.1, 0.15) is 11.4 Å². The number of rotatable bonds is 4. The molecular weight excluding hydrogens is 233 g/mol. The molecule has 1 rings (SSSR count). The first-order valence-corrected chi connectivity index (χ1v) is 5.08. The minimum Gasteiger partial charge on any atom is -0.350 e. The third-order valence-electron chi connectivity index (χ3n) is 2.11. The van der Waals surface area contributed by atoms with E-state index in [0.29, 0.717) is 23.8 Å². The van der Waals surface area contributed by atoms with Crippen molar-refractivity contribution in [1.29, 1.82) is 0 Å². The summed E-state index contributed by atoms with van der Waals surface area (Å²) >= 11 is 0. The maximum atomic E-state index is 12.3. The maximum Gasteiger partial charge on any atom is 0.405 e. The summed E-state index contributed by atoms with van der Waals surface area (Å²) < 4.78 is 36.9. The number of aryl methyl sites for hydroxylation is 1. The van der Waals surface area contributed by atoms with E-state index in [1.54, 1.807) is 20.2 Å². The van der Waals surface area contributed by atoms with Gasteiger partial charge in [-0.3, -0.25) is 0 Å². The third-order valence-corrected chi connectivity index (χ3v) is 2.11. The highest BCUT2D eigenvalue weighted by molar-refractivity contribution is 5.45. The molecule has 0 radical (unpaired) electrons. The number of anilines is 1. The Kier molecular flexibility index (Phi) is 4.28. The lowest BCUT2D eigenvalue weighted by atomic mass is 10.3. The molecular formula is C10H15F3N4. The van der Waals surface area contributed by atoms with Crippen LogP contribution in [-0.2, 0) is 6.54 Å². The van der Waals surface area contributed by atoms with Gasteiger partial charge in [0.2, 0.25) is 0 Å². The molecule has 0 fully saturated rings. The molecule has 0 saturated heterocycles. The van der Waals surface area contributed by atoms with Gasteiger partial charge in [0.05, 0.1) is 0 Å². The van der Waals surface area contributed by atoms with Crippen LogP contribution in [0.25, 0.3) is 0 Å². The second kappa shape index (κ2) is 5.31. The van der Waals surface area contributed by atoms with Crippen LogP contribution >= 0.6 is 0 Å². The molecule has 1 heterocycles. The monoisotopic (exact) mass is 248 g/mol. The molecule has 1 aromatic rings. The van der Waals surface area contributed by atoms with E-state index >= 15 is 0 Å². The van der Waals surface area contributed by atoms with E-state index in [1.807, 2.05) is 0 Å². The predicted molar refractivity (Wildman–Crippen MR) is 58.9 cm³/mol. The number of hydrogen-bond donors (Lipinski definition) is 1. The van der Waals surface area contributed by atoms with Crippen molar-refractivity contribution >= 4 is 5.82 Å². The summed E-state index contributed by atoms with van der Waals surface area (Å²) in [6, 6.07) is 0. The molecule has 0 unspecified atom stereocenters. The van der Waals surface area contributed by atoms with Crippen molar-refractivity contribution in [2.75, 3.05) is 25.5 Å². The summed E-state index contributed by atoms with van der Waals surface area (Å²) in [5, 5.41) is 2.87. The lowest BCUT2D eigenvalue weighted by Crippen LogP contribution is -2.32.